The first kappa shape index (κ1) is 21.8. The van der Waals surface area contributed by atoms with Crippen LogP contribution in [-0.2, 0) is 11.3 Å². The summed E-state index contributed by atoms with van der Waals surface area (Å²) in [6.45, 7) is 4.11. The van der Waals surface area contributed by atoms with Gasteiger partial charge in [-0.2, -0.15) is 0 Å². The van der Waals surface area contributed by atoms with Crippen LogP contribution in [0.3, 0.4) is 0 Å². The van der Waals surface area contributed by atoms with Gasteiger partial charge in [-0.25, -0.2) is 9.18 Å². The van der Waals surface area contributed by atoms with E-state index in [1.165, 1.54) is 6.07 Å². The van der Waals surface area contributed by atoms with Crippen molar-refractivity contribution in [2.75, 3.05) is 26.2 Å². The zero-order valence-electron chi connectivity index (χ0n) is 17.8. The van der Waals surface area contributed by atoms with Gasteiger partial charge in [-0.1, -0.05) is 30.3 Å². The van der Waals surface area contributed by atoms with Crippen LogP contribution < -0.4 is 10.1 Å². The molecule has 1 aliphatic heterocycles. The number of amides is 1. The molecule has 1 saturated heterocycles. The fourth-order valence-corrected chi connectivity index (χ4v) is 3.48. The van der Waals surface area contributed by atoms with Gasteiger partial charge < -0.3 is 24.1 Å². The first-order valence-electron chi connectivity index (χ1n) is 10.5. The predicted octanol–water partition coefficient (Wildman–Crippen LogP) is 3.56. The molecule has 1 fully saturated rings. The number of rotatable bonds is 7. The first-order valence-corrected chi connectivity index (χ1v) is 10.5. The van der Waals surface area contributed by atoms with E-state index in [0.717, 1.165) is 5.56 Å². The standard InChI is InChI=1S/C23H25FN4O4/c1-16-26-27-22(32-16)20-13-19(7-8-21(20)24)30-12-9-18-14-28(11-10-25-18)23(29)31-15-17-5-3-2-4-6-17/h2-8,13,18,25H,9-12,14-15H2,1H3/t18-/m1/s1. The molecule has 1 N–H and O–H groups in total. The van der Waals surface area contributed by atoms with E-state index < -0.39 is 5.82 Å². The van der Waals surface area contributed by atoms with Crippen LogP contribution >= 0.6 is 0 Å². The maximum Gasteiger partial charge on any atom is 0.410 e. The van der Waals surface area contributed by atoms with Crippen molar-refractivity contribution in [1.82, 2.24) is 20.4 Å². The van der Waals surface area contributed by atoms with Crippen molar-refractivity contribution in [1.29, 1.82) is 0 Å². The smallest absolute Gasteiger partial charge is 0.410 e. The molecule has 3 aromatic rings. The Kier molecular flexibility index (Phi) is 6.96. The van der Waals surface area contributed by atoms with E-state index in [4.69, 9.17) is 13.9 Å². The highest BCUT2D eigenvalue weighted by Gasteiger charge is 2.24. The van der Waals surface area contributed by atoms with Crippen LogP contribution in [0.5, 0.6) is 5.75 Å². The van der Waals surface area contributed by atoms with E-state index in [1.807, 2.05) is 30.3 Å². The molecule has 1 aromatic heterocycles. The van der Waals surface area contributed by atoms with Gasteiger partial charge in [-0.3, -0.25) is 0 Å². The summed E-state index contributed by atoms with van der Waals surface area (Å²) >= 11 is 0. The molecule has 0 saturated carbocycles. The van der Waals surface area contributed by atoms with Gasteiger partial charge >= 0.3 is 6.09 Å². The third kappa shape index (κ3) is 5.61. The summed E-state index contributed by atoms with van der Waals surface area (Å²) in [4.78, 5) is 14.1. The largest absolute Gasteiger partial charge is 0.494 e. The Hall–Kier alpha value is -3.46. The molecule has 32 heavy (non-hydrogen) atoms. The number of carbonyl (C=O) groups is 1. The topological polar surface area (TPSA) is 89.7 Å². The van der Waals surface area contributed by atoms with Crippen LogP contribution in [0.2, 0.25) is 0 Å². The lowest BCUT2D eigenvalue weighted by atomic mass is 10.1. The Labute approximate surface area is 185 Å². The Balaban J connectivity index is 1.26. The van der Waals surface area contributed by atoms with Gasteiger partial charge in [-0.15, -0.1) is 10.2 Å². The number of nitrogens with one attached hydrogen (secondary N) is 1. The maximum absolute atomic E-state index is 14.1. The molecule has 0 aliphatic carbocycles. The van der Waals surface area contributed by atoms with Crippen LogP contribution in [-0.4, -0.2) is 53.5 Å². The second-order valence-electron chi connectivity index (χ2n) is 7.54. The molecule has 1 amide bonds. The number of nitrogens with zero attached hydrogens (tertiary/aromatic N) is 3. The van der Waals surface area contributed by atoms with E-state index in [2.05, 4.69) is 15.5 Å². The zero-order valence-corrected chi connectivity index (χ0v) is 17.8. The molecule has 0 radical (unpaired) electrons. The molecule has 0 unspecified atom stereocenters. The van der Waals surface area contributed by atoms with E-state index in [1.54, 1.807) is 24.0 Å². The molecule has 9 heteroatoms. The third-order valence-electron chi connectivity index (χ3n) is 5.15. The molecule has 0 bridgehead atoms. The number of ether oxygens (including phenoxy) is 2. The minimum atomic E-state index is -0.459. The van der Waals surface area contributed by atoms with Crippen LogP contribution in [0.4, 0.5) is 9.18 Å². The van der Waals surface area contributed by atoms with Crippen LogP contribution in [0.15, 0.2) is 52.9 Å². The third-order valence-corrected chi connectivity index (χ3v) is 5.15. The van der Waals surface area contributed by atoms with Crippen LogP contribution in [0.1, 0.15) is 17.9 Å². The minimum absolute atomic E-state index is 0.0755. The van der Waals surface area contributed by atoms with Gasteiger partial charge in [0.2, 0.25) is 5.89 Å². The Morgan fingerprint density at radius 2 is 2.09 bits per heavy atom. The van der Waals surface area contributed by atoms with Crippen molar-refractivity contribution in [2.24, 2.45) is 0 Å². The van der Waals surface area contributed by atoms with Crippen molar-refractivity contribution in [2.45, 2.75) is 26.0 Å². The zero-order chi connectivity index (χ0) is 22.3. The summed E-state index contributed by atoms with van der Waals surface area (Å²) < 4.78 is 30.7. The minimum Gasteiger partial charge on any atom is -0.494 e. The molecule has 8 nitrogen and oxygen atoms in total. The van der Waals surface area contributed by atoms with Crippen LogP contribution in [0, 0.1) is 12.7 Å². The summed E-state index contributed by atoms with van der Waals surface area (Å²) in [7, 11) is 0. The highest BCUT2D eigenvalue weighted by molar-refractivity contribution is 5.67. The van der Waals surface area contributed by atoms with Gasteiger partial charge in [-0.05, 0) is 30.2 Å². The summed E-state index contributed by atoms with van der Waals surface area (Å²) in [5.41, 5.74) is 1.15. The fourth-order valence-electron chi connectivity index (χ4n) is 3.48. The molecule has 1 aliphatic rings. The van der Waals surface area contributed by atoms with Gasteiger partial charge in [0.1, 0.15) is 18.2 Å². The lowest BCUT2D eigenvalue weighted by Gasteiger charge is -2.33. The number of halogens is 1. The average molecular weight is 440 g/mol. The molecule has 2 heterocycles. The molecule has 2 aromatic carbocycles. The van der Waals surface area contributed by atoms with Crippen molar-refractivity contribution < 1.29 is 23.1 Å². The molecule has 0 spiro atoms. The second-order valence-corrected chi connectivity index (χ2v) is 7.54. The monoisotopic (exact) mass is 440 g/mol. The Morgan fingerprint density at radius 3 is 2.88 bits per heavy atom. The number of benzene rings is 2. The molecular formula is C23H25FN4O4. The second kappa shape index (κ2) is 10.2. The Bertz CT molecular complexity index is 1040. The predicted molar refractivity (Wildman–Crippen MR) is 115 cm³/mol. The number of piperazine rings is 1. The summed E-state index contributed by atoms with van der Waals surface area (Å²) in [6, 6.07) is 14.1. The molecule has 4 rings (SSSR count). The number of carbonyl (C=O) groups excluding carboxylic acids is 1. The van der Waals surface area contributed by atoms with Crippen molar-refractivity contribution in [3.05, 3.63) is 65.8 Å². The van der Waals surface area contributed by atoms with Crippen molar-refractivity contribution in [3.8, 4) is 17.2 Å². The number of aromatic nitrogens is 2. The van der Waals surface area contributed by atoms with Crippen molar-refractivity contribution in [3.63, 3.8) is 0 Å². The van der Waals surface area contributed by atoms with Gasteiger partial charge in [0.25, 0.3) is 5.89 Å². The fraction of sp³-hybridized carbons (Fsp3) is 0.348. The SMILES string of the molecule is Cc1nnc(-c2cc(OCC[C@@H]3CN(C(=O)OCc4ccccc4)CCN3)ccc2F)o1. The lowest BCUT2D eigenvalue weighted by molar-refractivity contribution is 0.0827. The van der Waals surface area contributed by atoms with E-state index in [9.17, 15) is 9.18 Å². The molecule has 1 atom stereocenters. The van der Waals surface area contributed by atoms with Gasteiger partial charge in [0, 0.05) is 32.6 Å². The highest BCUT2D eigenvalue weighted by Crippen LogP contribution is 2.26. The number of aryl methyl sites for hydroxylation is 1. The van der Waals surface area contributed by atoms with Gasteiger partial charge in [0.05, 0.1) is 12.2 Å². The van der Waals surface area contributed by atoms with E-state index >= 15 is 0 Å². The Morgan fingerprint density at radius 1 is 1.25 bits per heavy atom. The summed E-state index contributed by atoms with van der Waals surface area (Å²) in [5, 5.41) is 11.0. The van der Waals surface area contributed by atoms with E-state index in [0.29, 0.717) is 44.3 Å². The lowest BCUT2D eigenvalue weighted by Crippen LogP contribution is -2.53. The number of hydrogen-bond donors (Lipinski definition) is 1. The normalized spacial score (nSPS) is 16.1. The molecular weight excluding hydrogens is 415 g/mol. The first-order chi connectivity index (χ1) is 15.6. The van der Waals surface area contributed by atoms with Crippen molar-refractivity contribution >= 4 is 6.09 Å². The summed E-state index contributed by atoms with van der Waals surface area (Å²) in [6.07, 6.45) is 0.355. The van der Waals surface area contributed by atoms with Crippen LogP contribution in [0.25, 0.3) is 11.5 Å². The molecule has 168 valence electrons. The highest BCUT2D eigenvalue weighted by atomic mass is 19.1. The van der Waals surface area contributed by atoms with Gasteiger partial charge in [0.15, 0.2) is 0 Å². The number of hydrogen-bond acceptors (Lipinski definition) is 7. The quantitative estimate of drug-likeness (QED) is 0.601. The van der Waals surface area contributed by atoms with E-state index in [-0.39, 0.29) is 30.2 Å². The maximum atomic E-state index is 14.1. The summed E-state index contributed by atoms with van der Waals surface area (Å²) in [5.74, 6) is 0.525. The average Bonchev–Trinajstić information content (AvgIpc) is 3.25.